The van der Waals surface area contributed by atoms with Gasteiger partial charge >= 0.3 is 5.97 Å². The molecule has 0 radical (unpaired) electrons. The molecule has 3 N–H and O–H groups in total. The van der Waals surface area contributed by atoms with Crippen LogP contribution < -0.4 is 5.73 Å². The average molecular weight is 242 g/mol. The highest BCUT2D eigenvalue weighted by atomic mass is 35.5. The molecular formula is C11H12ClNO3. The molecule has 1 heterocycles. The lowest BCUT2D eigenvalue weighted by Crippen LogP contribution is -1.96. The Balaban J connectivity index is 0.00000128. The van der Waals surface area contributed by atoms with Crippen LogP contribution in [0.1, 0.15) is 21.7 Å². The van der Waals surface area contributed by atoms with E-state index in [4.69, 9.17) is 15.3 Å². The third-order valence-corrected chi connectivity index (χ3v) is 2.47. The van der Waals surface area contributed by atoms with Gasteiger partial charge in [-0.15, -0.1) is 12.4 Å². The van der Waals surface area contributed by atoms with E-state index in [0.717, 1.165) is 10.9 Å². The average Bonchev–Trinajstić information content (AvgIpc) is 2.55. The normalized spacial score (nSPS) is 10.1. The number of hydrogen-bond donors (Lipinski definition) is 2. The van der Waals surface area contributed by atoms with Crippen molar-refractivity contribution >= 4 is 29.3 Å². The van der Waals surface area contributed by atoms with Crippen LogP contribution in [0.2, 0.25) is 0 Å². The van der Waals surface area contributed by atoms with Gasteiger partial charge in [0.25, 0.3) is 0 Å². The van der Waals surface area contributed by atoms with Crippen LogP contribution in [-0.4, -0.2) is 11.1 Å². The Labute approximate surface area is 98.5 Å². The number of carboxylic acids is 1. The van der Waals surface area contributed by atoms with Crippen molar-refractivity contribution in [3.63, 3.8) is 0 Å². The summed E-state index contributed by atoms with van der Waals surface area (Å²) >= 11 is 0. The molecule has 0 aliphatic rings. The van der Waals surface area contributed by atoms with Crippen LogP contribution >= 0.6 is 12.4 Å². The van der Waals surface area contributed by atoms with Crippen molar-refractivity contribution in [2.45, 2.75) is 13.5 Å². The zero-order valence-corrected chi connectivity index (χ0v) is 9.50. The fourth-order valence-corrected chi connectivity index (χ4v) is 1.60. The minimum Gasteiger partial charge on any atom is -0.478 e. The Kier molecular flexibility index (Phi) is 3.57. The van der Waals surface area contributed by atoms with E-state index in [1.807, 2.05) is 6.92 Å². The Morgan fingerprint density at radius 3 is 2.75 bits per heavy atom. The predicted octanol–water partition coefficient (Wildman–Crippen LogP) is 2.32. The van der Waals surface area contributed by atoms with Crippen molar-refractivity contribution in [3.8, 4) is 0 Å². The van der Waals surface area contributed by atoms with Gasteiger partial charge in [0, 0.05) is 5.39 Å². The molecule has 4 nitrogen and oxygen atoms in total. The summed E-state index contributed by atoms with van der Waals surface area (Å²) in [5.74, 6) is -0.237. The van der Waals surface area contributed by atoms with E-state index >= 15 is 0 Å². The fourth-order valence-electron chi connectivity index (χ4n) is 1.60. The maximum Gasteiger partial charge on any atom is 0.335 e. The number of hydrogen-bond acceptors (Lipinski definition) is 3. The third-order valence-electron chi connectivity index (χ3n) is 2.47. The Morgan fingerprint density at radius 1 is 1.50 bits per heavy atom. The van der Waals surface area contributed by atoms with Crippen LogP contribution in [0.5, 0.6) is 0 Å². The van der Waals surface area contributed by atoms with Gasteiger partial charge in [-0.2, -0.15) is 0 Å². The standard InChI is InChI=1S/C11H11NO3.ClH/c1-6-8-4-7(11(13)14)2-3-9(8)15-10(6)5-12;/h2-4H,5,12H2,1H3,(H,13,14);1H. The molecule has 0 spiro atoms. The number of benzene rings is 1. The molecule has 16 heavy (non-hydrogen) atoms. The van der Waals surface area contributed by atoms with Crippen LogP contribution in [-0.2, 0) is 6.54 Å². The highest BCUT2D eigenvalue weighted by Gasteiger charge is 2.11. The third kappa shape index (κ3) is 1.89. The highest BCUT2D eigenvalue weighted by molar-refractivity contribution is 5.94. The summed E-state index contributed by atoms with van der Waals surface area (Å²) in [6.07, 6.45) is 0. The fraction of sp³-hybridized carbons (Fsp3) is 0.182. The van der Waals surface area contributed by atoms with Gasteiger partial charge in [0.15, 0.2) is 0 Å². The maximum atomic E-state index is 10.8. The van der Waals surface area contributed by atoms with Gasteiger partial charge in [0.1, 0.15) is 11.3 Å². The lowest BCUT2D eigenvalue weighted by Gasteiger charge is -1.94. The molecule has 0 aliphatic heterocycles. The topological polar surface area (TPSA) is 76.5 Å². The van der Waals surface area contributed by atoms with E-state index in [-0.39, 0.29) is 18.0 Å². The Morgan fingerprint density at radius 2 is 2.19 bits per heavy atom. The lowest BCUT2D eigenvalue weighted by molar-refractivity contribution is 0.0697. The number of aryl methyl sites for hydroxylation is 1. The zero-order chi connectivity index (χ0) is 11.0. The van der Waals surface area contributed by atoms with Crippen LogP contribution in [0.3, 0.4) is 0 Å². The molecule has 1 aromatic heterocycles. The minimum absolute atomic E-state index is 0. The number of carboxylic acid groups (broad SMARTS) is 1. The van der Waals surface area contributed by atoms with Crippen LogP contribution in [0, 0.1) is 6.92 Å². The molecule has 5 heteroatoms. The van der Waals surface area contributed by atoms with Crippen LogP contribution in [0.15, 0.2) is 22.6 Å². The second-order valence-electron chi connectivity index (χ2n) is 3.37. The van der Waals surface area contributed by atoms with E-state index in [1.165, 1.54) is 6.07 Å². The van der Waals surface area contributed by atoms with Crippen LogP contribution in [0.25, 0.3) is 11.0 Å². The molecule has 0 saturated heterocycles. The van der Waals surface area contributed by atoms with Crippen molar-refractivity contribution in [2.75, 3.05) is 0 Å². The van der Waals surface area contributed by atoms with Gasteiger partial charge in [0.2, 0.25) is 0 Å². The number of furan rings is 1. The Bertz CT molecular complexity index is 533. The van der Waals surface area contributed by atoms with Crippen molar-refractivity contribution < 1.29 is 14.3 Å². The molecular weight excluding hydrogens is 230 g/mol. The molecule has 0 saturated carbocycles. The van der Waals surface area contributed by atoms with Gasteiger partial charge in [-0.3, -0.25) is 0 Å². The number of aromatic carboxylic acids is 1. The smallest absolute Gasteiger partial charge is 0.335 e. The minimum atomic E-state index is -0.938. The quantitative estimate of drug-likeness (QED) is 0.846. The van der Waals surface area contributed by atoms with Gasteiger partial charge in [-0.05, 0) is 30.7 Å². The van der Waals surface area contributed by atoms with Crippen LogP contribution in [0.4, 0.5) is 0 Å². The second kappa shape index (κ2) is 4.55. The van der Waals surface area contributed by atoms with E-state index in [0.29, 0.717) is 17.9 Å². The lowest BCUT2D eigenvalue weighted by atomic mass is 10.1. The molecule has 1 aromatic carbocycles. The molecule has 0 fully saturated rings. The number of carbonyl (C=O) groups is 1. The summed E-state index contributed by atoms with van der Waals surface area (Å²) in [4.78, 5) is 10.8. The van der Waals surface area contributed by atoms with Crippen molar-refractivity contribution in [1.29, 1.82) is 0 Å². The van der Waals surface area contributed by atoms with Crippen molar-refractivity contribution in [3.05, 3.63) is 35.1 Å². The summed E-state index contributed by atoms with van der Waals surface area (Å²) in [6.45, 7) is 2.20. The molecule has 0 amide bonds. The molecule has 0 atom stereocenters. The molecule has 86 valence electrons. The molecule has 2 aromatic rings. The summed E-state index contributed by atoms with van der Waals surface area (Å²) < 4.78 is 5.46. The number of rotatable bonds is 2. The summed E-state index contributed by atoms with van der Waals surface area (Å²) in [7, 11) is 0. The van der Waals surface area contributed by atoms with E-state index in [1.54, 1.807) is 12.1 Å². The predicted molar refractivity (Wildman–Crippen MR) is 63.0 cm³/mol. The Hall–Kier alpha value is -1.52. The molecule has 2 rings (SSSR count). The first kappa shape index (κ1) is 12.5. The van der Waals surface area contributed by atoms with E-state index in [2.05, 4.69) is 0 Å². The first-order chi connectivity index (χ1) is 7.13. The monoisotopic (exact) mass is 241 g/mol. The van der Waals surface area contributed by atoms with Crippen molar-refractivity contribution in [1.82, 2.24) is 0 Å². The highest BCUT2D eigenvalue weighted by Crippen LogP contribution is 2.25. The second-order valence-corrected chi connectivity index (χ2v) is 3.37. The van der Waals surface area contributed by atoms with Gasteiger partial charge < -0.3 is 15.3 Å². The van der Waals surface area contributed by atoms with Gasteiger partial charge in [-0.1, -0.05) is 0 Å². The SMILES string of the molecule is Cc1c(CN)oc2ccc(C(=O)O)cc12.Cl. The summed E-state index contributed by atoms with van der Waals surface area (Å²) in [6, 6.07) is 4.79. The van der Waals surface area contributed by atoms with E-state index in [9.17, 15) is 4.79 Å². The van der Waals surface area contributed by atoms with Crippen molar-refractivity contribution in [2.24, 2.45) is 5.73 Å². The zero-order valence-electron chi connectivity index (χ0n) is 8.69. The molecule has 0 unspecified atom stereocenters. The number of fused-ring (bicyclic) bond motifs is 1. The first-order valence-electron chi connectivity index (χ1n) is 4.59. The van der Waals surface area contributed by atoms with Gasteiger partial charge in [-0.25, -0.2) is 4.79 Å². The molecule has 0 bridgehead atoms. The van der Waals surface area contributed by atoms with Gasteiger partial charge in [0.05, 0.1) is 12.1 Å². The first-order valence-corrected chi connectivity index (χ1v) is 4.59. The maximum absolute atomic E-state index is 10.8. The number of halogens is 1. The largest absolute Gasteiger partial charge is 0.478 e. The summed E-state index contributed by atoms with van der Waals surface area (Å²) in [5, 5.41) is 9.66. The van der Waals surface area contributed by atoms with E-state index < -0.39 is 5.97 Å². The number of nitrogens with two attached hydrogens (primary N) is 1. The summed E-state index contributed by atoms with van der Waals surface area (Å²) in [5.41, 5.74) is 7.35. The molecule has 0 aliphatic carbocycles.